The largest absolute Gasteiger partial charge is 0.355 e. The van der Waals surface area contributed by atoms with Crippen LogP contribution in [0.4, 0.5) is 0 Å². The maximum absolute atomic E-state index is 9.82. The van der Waals surface area contributed by atoms with Crippen LogP contribution in [0.1, 0.15) is 44.2 Å². The number of hydrogen-bond acceptors (Lipinski definition) is 4. The lowest BCUT2D eigenvalue weighted by molar-refractivity contribution is 0.120. The minimum atomic E-state index is -0.219. The van der Waals surface area contributed by atoms with Crippen LogP contribution in [0.5, 0.6) is 0 Å². The highest BCUT2D eigenvalue weighted by atomic mass is 16.5. The summed E-state index contributed by atoms with van der Waals surface area (Å²) in [4.78, 5) is 0. The molecule has 4 heteroatoms. The van der Waals surface area contributed by atoms with Gasteiger partial charge in [-0.1, -0.05) is 92.0 Å². The van der Waals surface area contributed by atoms with Crippen molar-refractivity contribution < 1.29 is 9.73 Å². The van der Waals surface area contributed by atoms with Gasteiger partial charge in [0.25, 0.3) is 0 Å². The summed E-state index contributed by atoms with van der Waals surface area (Å²) in [6, 6.07) is 19.7. The Morgan fingerprint density at radius 2 is 1.60 bits per heavy atom. The second-order valence-electron chi connectivity index (χ2n) is 6.18. The summed E-state index contributed by atoms with van der Waals surface area (Å²) in [7, 11) is 0. The monoisotopic (exact) mass is 336 g/mol. The van der Waals surface area contributed by atoms with Crippen molar-refractivity contribution in [2.24, 2.45) is 0 Å². The zero-order chi connectivity index (χ0) is 17.5. The molecule has 4 nitrogen and oxygen atoms in total. The van der Waals surface area contributed by atoms with Gasteiger partial charge in [-0.25, -0.2) is 0 Å². The molecule has 0 saturated carbocycles. The number of unbranched alkanes of at least 4 members (excludes halogenated alkanes) is 2. The van der Waals surface area contributed by atoms with Crippen LogP contribution in [-0.4, -0.2) is 10.4 Å². The fourth-order valence-corrected chi connectivity index (χ4v) is 3.09. The van der Waals surface area contributed by atoms with Crippen molar-refractivity contribution in [1.29, 1.82) is 0 Å². The Bertz CT molecular complexity index is 712. The predicted octanol–water partition coefficient (Wildman–Crippen LogP) is 5.61. The molecule has 0 radical (unpaired) electrons. The smallest absolute Gasteiger partial charge is 0.172 e. The highest BCUT2D eigenvalue weighted by Gasteiger charge is 2.25. The van der Waals surface area contributed by atoms with Crippen molar-refractivity contribution in [3.8, 4) is 22.6 Å². The first-order chi connectivity index (χ1) is 12.3. The SMILES string of the molecule is CCCCCC(NO)c1c(-c2ccccc2)noc1-c1ccccc1. The van der Waals surface area contributed by atoms with E-state index in [0.717, 1.165) is 48.1 Å². The summed E-state index contributed by atoms with van der Waals surface area (Å²) >= 11 is 0. The van der Waals surface area contributed by atoms with Crippen LogP contribution < -0.4 is 5.48 Å². The van der Waals surface area contributed by atoms with Gasteiger partial charge in [0, 0.05) is 16.7 Å². The summed E-state index contributed by atoms with van der Waals surface area (Å²) in [5, 5.41) is 14.2. The Kier molecular flexibility index (Phi) is 5.99. The summed E-state index contributed by atoms with van der Waals surface area (Å²) in [6.07, 6.45) is 4.12. The molecule has 25 heavy (non-hydrogen) atoms. The standard InChI is InChI=1S/C21H24N2O2/c1-2-3-6-15-18(22-24)19-20(16-11-7-4-8-12-16)23-25-21(19)17-13-9-5-10-14-17/h4-5,7-14,18,22,24H,2-3,6,15H2,1H3. The van der Waals surface area contributed by atoms with E-state index in [1.54, 1.807) is 0 Å². The Balaban J connectivity index is 2.06. The number of hydroxylamine groups is 1. The molecule has 1 aromatic heterocycles. The van der Waals surface area contributed by atoms with Crippen molar-refractivity contribution in [1.82, 2.24) is 10.6 Å². The average Bonchev–Trinajstić information content (AvgIpc) is 3.11. The van der Waals surface area contributed by atoms with E-state index in [0.29, 0.717) is 5.76 Å². The maximum Gasteiger partial charge on any atom is 0.172 e. The van der Waals surface area contributed by atoms with E-state index in [4.69, 9.17) is 4.52 Å². The Labute approximate surface area is 148 Å². The van der Waals surface area contributed by atoms with Gasteiger partial charge in [0.15, 0.2) is 5.76 Å². The second-order valence-corrected chi connectivity index (χ2v) is 6.18. The van der Waals surface area contributed by atoms with Crippen LogP contribution >= 0.6 is 0 Å². The molecule has 3 aromatic rings. The summed E-state index contributed by atoms with van der Waals surface area (Å²) in [6.45, 7) is 2.17. The van der Waals surface area contributed by atoms with Gasteiger partial charge in [-0.15, -0.1) is 0 Å². The predicted molar refractivity (Wildman–Crippen MR) is 99.2 cm³/mol. The zero-order valence-corrected chi connectivity index (χ0v) is 14.5. The van der Waals surface area contributed by atoms with E-state index >= 15 is 0 Å². The molecule has 3 rings (SSSR count). The number of benzene rings is 2. The molecule has 130 valence electrons. The molecule has 1 heterocycles. The maximum atomic E-state index is 9.82. The molecule has 0 aliphatic heterocycles. The van der Waals surface area contributed by atoms with Crippen molar-refractivity contribution in [2.45, 2.75) is 38.6 Å². The number of aromatic nitrogens is 1. The van der Waals surface area contributed by atoms with Gasteiger partial charge in [0.05, 0.1) is 6.04 Å². The molecule has 0 fully saturated rings. The van der Waals surface area contributed by atoms with Crippen molar-refractivity contribution >= 4 is 0 Å². The van der Waals surface area contributed by atoms with Crippen molar-refractivity contribution in [3.63, 3.8) is 0 Å². The fourth-order valence-electron chi connectivity index (χ4n) is 3.09. The summed E-state index contributed by atoms with van der Waals surface area (Å²) < 4.78 is 5.72. The quantitative estimate of drug-likeness (QED) is 0.415. The highest BCUT2D eigenvalue weighted by Crippen LogP contribution is 2.38. The molecular formula is C21H24N2O2. The molecule has 0 aliphatic rings. The van der Waals surface area contributed by atoms with E-state index in [-0.39, 0.29) is 6.04 Å². The second kappa shape index (κ2) is 8.60. The van der Waals surface area contributed by atoms with Crippen LogP contribution in [0.25, 0.3) is 22.6 Å². The van der Waals surface area contributed by atoms with Gasteiger partial charge in [-0.2, -0.15) is 5.48 Å². The van der Waals surface area contributed by atoms with Crippen LogP contribution in [0.2, 0.25) is 0 Å². The number of nitrogens with one attached hydrogen (secondary N) is 1. The van der Waals surface area contributed by atoms with Crippen LogP contribution in [0.15, 0.2) is 65.2 Å². The van der Waals surface area contributed by atoms with Crippen LogP contribution in [0.3, 0.4) is 0 Å². The number of hydrogen-bond donors (Lipinski definition) is 2. The normalized spacial score (nSPS) is 12.2. The van der Waals surface area contributed by atoms with E-state index < -0.39 is 0 Å². The number of nitrogens with zero attached hydrogens (tertiary/aromatic N) is 1. The lowest BCUT2D eigenvalue weighted by Crippen LogP contribution is -2.18. The van der Waals surface area contributed by atoms with Gasteiger partial charge in [0.2, 0.25) is 0 Å². The number of rotatable bonds is 8. The first-order valence-electron chi connectivity index (χ1n) is 8.85. The molecule has 0 bridgehead atoms. The molecular weight excluding hydrogens is 312 g/mol. The highest BCUT2D eigenvalue weighted by molar-refractivity contribution is 5.73. The average molecular weight is 336 g/mol. The lowest BCUT2D eigenvalue weighted by Gasteiger charge is -2.16. The minimum Gasteiger partial charge on any atom is -0.355 e. The zero-order valence-electron chi connectivity index (χ0n) is 14.5. The Hall–Kier alpha value is -2.43. The third kappa shape index (κ3) is 3.98. The van der Waals surface area contributed by atoms with Crippen molar-refractivity contribution in [2.75, 3.05) is 0 Å². The molecule has 0 amide bonds. The molecule has 1 atom stereocenters. The molecule has 0 aliphatic carbocycles. The van der Waals surface area contributed by atoms with E-state index in [1.807, 2.05) is 60.7 Å². The van der Waals surface area contributed by atoms with Crippen LogP contribution in [-0.2, 0) is 0 Å². The molecule has 0 saturated heterocycles. The van der Waals surface area contributed by atoms with Crippen LogP contribution in [0, 0.1) is 0 Å². The molecule has 2 aromatic carbocycles. The Morgan fingerprint density at radius 3 is 2.20 bits per heavy atom. The van der Waals surface area contributed by atoms with Gasteiger partial charge < -0.3 is 9.73 Å². The van der Waals surface area contributed by atoms with Gasteiger partial charge in [0.1, 0.15) is 5.69 Å². The topological polar surface area (TPSA) is 58.3 Å². The third-order valence-electron chi connectivity index (χ3n) is 4.41. The summed E-state index contributed by atoms with van der Waals surface area (Å²) in [5.74, 6) is 0.711. The fraction of sp³-hybridized carbons (Fsp3) is 0.286. The van der Waals surface area contributed by atoms with Gasteiger partial charge in [-0.05, 0) is 6.42 Å². The van der Waals surface area contributed by atoms with E-state index in [2.05, 4.69) is 17.6 Å². The van der Waals surface area contributed by atoms with Gasteiger partial charge >= 0.3 is 0 Å². The third-order valence-corrected chi connectivity index (χ3v) is 4.41. The lowest BCUT2D eigenvalue weighted by atomic mass is 9.94. The van der Waals surface area contributed by atoms with Gasteiger partial charge in [-0.3, -0.25) is 0 Å². The van der Waals surface area contributed by atoms with Crippen molar-refractivity contribution in [3.05, 3.63) is 66.2 Å². The molecule has 0 spiro atoms. The summed E-state index contributed by atoms with van der Waals surface area (Å²) in [5.41, 5.74) is 6.12. The first-order valence-corrected chi connectivity index (χ1v) is 8.85. The molecule has 2 N–H and O–H groups in total. The Morgan fingerprint density at radius 1 is 0.960 bits per heavy atom. The first kappa shape index (κ1) is 17.4. The van der Waals surface area contributed by atoms with E-state index in [1.165, 1.54) is 0 Å². The minimum absolute atomic E-state index is 0.219. The molecule has 1 unspecified atom stereocenters. The van der Waals surface area contributed by atoms with E-state index in [9.17, 15) is 5.21 Å².